The van der Waals surface area contributed by atoms with Gasteiger partial charge in [-0.2, -0.15) is 0 Å². The van der Waals surface area contributed by atoms with E-state index in [0.29, 0.717) is 30.2 Å². The third kappa shape index (κ3) is 5.81. The Kier molecular flexibility index (Phi) is 7.22. The van der Waals surface area contributed by atoms with Crippen LogP contribution < -0.4 is 10.4 Å². The van der Waals surface area contributed by atoms with Gasteiger partial charge in [0, 0.05) is 11.5 Å². The molecule has 0 aliphatic rings. The van der Waals surface area contributed by atoms with E-state index in [1.54, 1.807) is 12.1 Å². The molecule has 0 amide bonds. The monoisotopic (exact) mass is 397 g/mol. The van der Waals surface area contributed by atoms with Crippen LogP contribution in [0.25, 0.3) is 22.1 Å². The summed E-state index contributed by atoms with van der Waals surface area (Å²) in [5.74, 6) is 0.486. The van der Waals surface area contributed by atoms with E-state index >= 15 is 0 Å². The maximum absolute atomic E-state index is 12.2. The number of nitrogens with zero attached hydrogens (tertiary/aromatic N) is 1. The van der Waals surface area contributed by atoms with Crippen molar-refractivity contribution in [3.05, 3.63) is 59.1 Å². The average molecular weight is 397 g/mol. The number of aromatic nitrogens is 1. The van der Waals surface area contributed by atoms with Gasteiger partial charge in [-0.15, -0.1) is 0 Å². The normalized spacial score (nSPS) is 10.7. The van der Waals surface area contributed by atoms with Crippen molar-refractivity contribution in [2.75, 3.05) is 20.3 Å². The van der Waals surface area contributed by atoms with Gasteiger partial charge in [0.1, 0.15) is 0 Å². The van der Waals surface area contributed by atoms with Crippen molar-refractivity contribution in [1.29, 1.82) is 0 Å². The molecule has 2 aromatic heterocycles. The molecule has 0 N–H and O–H groups in total. The van der Waals surface area contributed by atoms with Gasteiger partial charge >= 0.3 is 11.8 Å². The van der Waals surface area contributed by atoms with Gasteiger partial charge in [-0.05, 0) is 37.3 Å². The highest BCUT2D eigenvalue weighted by atomic mass is 16.7. The van der Waals surface area contributed by atoms with Crippen LogP contribution in [0.5, 0.6) is 5.88 Å². The summed E-state index contributed by atoms with van der Waals surface area (Å²) < 4.78 is 20.3. The molecular formula is C22H23NO6. The Labute approximate surface area is 168 Å². The second-order valence-corrected chi connectivity index (χ2v) is 6.44. The number of unbranched alkanes of at least 4 members (excludes halogenated alkanes) is 3. The minimum Gasteiger partial charge on any atom is -0.478 e. The fraction of sp³-hybridized carbons (Fsp3) is 0.318. The Morgan fingerprint density at radius 3 is 2.55 bits per heavy atom. The Bertz CT molecular complexity index is 999. The zero-order valence-electron chi connectivity index (χ0n) is 16.3. The zero-order valence-corrected chi connectivity index (χ0v) is 16.3. The summed E-state index contributed by atoms with van der Waals surface area (Å²) in [5.41, 5.74) is 1.34. The molecule has 3 rings (SSSR count). The summed E-state index contributed by atoms with van der Waals surface area (Å²) in [4.78, 5) is 27.3. The van der Waals surface area contributed by atoms with Gasteiger partial charge in [0.05, 0.1) is 32.1 Å². The number of pyridine rings is 1. The summed E-state index contributed by atoms with van der Waals surface area (Å²) in [6, 6.07) is 13.0. The fourth-order valence-corrected chi connectivity index (χ4v) is 2.85. The molecule has 0 fully saturated rings. The van der Waals surface area contributed by atoms with Crippen molar-refractivity contribution < 1.29 is 23.4 Å². The predicted octanol–water partition coefficient (Wildman–Crippen LogP) is 4.58. The summed E-state index contributed by atoms with van der Waals surface area (Å²) >= 11 is 0. The highest BCUT2D eigenvalue weighted by Crippen LogP contribution is 2.23. The maximum Gasteiger partial charge on any atom is 0.507 e. The molecule has 0 unspecified atom stereocenters. The largest absolute Gasteiger partial charge is 0.507 e. The molecule has 3 aromatic rings. The molecule has 0 saturated heterocycles. The van der Waals surface area contributed by atoms with Gasteiger partial charge in [0.15, 0.2) is 5.58 Å². The van der Waals surface area contributed by atoms with E-state index in [1.807, 2.05) is 30.3 Å². The van der Waals surface area contributed by atoms with Gasteiger partial charge in [0.25, 0.3) is 0 Å². The van der Waals surface area contributed by atoms with Crippen LogP contribution in [-0.4, -0.2) is 31.5 Å². The third-order valence-electron chi connectivity index (χ3n) is 4.35. The Balaban J connectivity index is 1.52. The Morgan fingerprint density at radius 1 is 1.03 bits per heavy atom. The van der Waals surface area contributed by atoms with Crippen molar-refractivity contribution in [3.8, 4) is 17.0 Å². The number of carbonyl (C=O) groups excluding carboxylic acids is 1. The highest BCUT2D eigenvalue weighted by Gasteiger charge is 2.09. The first kappa shape index (κ1) is 20.4. The number of hydrogen-bond acceptors (Lipinski definition) is 7. The lowest BCUT2D eigenvalue weighted by Gasteiger charge is -2.07. The first-order chi connectivity index (χ1) is 14.2. The Hall–Kier alpha value is -3.35. The van der Waals surface area contributed by atoms with E-state index in [4.69, 9.17) is 13.9 Å². The number of fused-ring (bicyclic) bond motifs is 1. The van der Waals surface area contributed by atoms with Gasteiger partial charge in [-0.3, -0.25) is 0 Å². The van der Waals surface area contributed by atoms with Crippen molar-refractivity contribution in [2.45, 2.75) is 25.7 Å². The van der Waals surface area contributed by atoms with Crippen molar-refractivity contribution in [2.24, 2.45) is 0 Å². The minimum atomic E-state index is -0.651. The standard InChI is InChI=1S/C22H23NO6/c1-26-22(25)28-12-8-3-2-7-11-27-20-14-17-13-18(16-9-5-4-6-10-16)21(24)29-19(17)15-23-20/h4-6,9-10,13-15H,2-3,7-8,11-12H2,1H3. The van der Waals surface area contributed by atoms with E-state index in [0.717, 1.165) is 36.6 Å². The summed E-state index contributed by atoms with van der Waals surface area (Å²) in [7, 11) is 1.29. The lowest BCUT2D eigenvalue weighted by Crippen LogP contribution is -2.05. The van der Waals surface area contributed by atoms with Crippen LogP contribution in [-0.2, 0) is 9.47 Å². The molecule has 29 heavy (non-hydrogen) atoms. The molecule has 0 radical (unpaired) electrons. The van der Waals surface area contributed by atoms with Crippen molar-refractivity contribution in [3.63, 3.8) is 0 Å². The van der Waals surface area contributed by atoms with Crippen LogP contribution in [0.1, 0.15) is 25.7 Å². The molecular weight excluding hydrogens is 374 g/mol. The van der Waals surface area contributed by atoms with Crippen LogP contribution in [0, 0.1) is 0 Å². The van der Waals surface area contributed by atoms with Crippen LogP contribution in [0.4, 0.5) is 4.79 Å². The predicted molar refractivity (Wildman–Crippen MR) is 108 cm³/mol. The van der Waals surface area contributed by atoms with Gasteiger partial charge in [-0.25, -0.2) is 14.6 Å². The molecule has 0 aliphatic carbocycles. The number of benzene rings is 1. The van der Waals surface area contributed by atoms with Crippen molar-refractivity contribution >= 4 is 17.1 Å². The van der Waals surface area contributed by atoms with E-state index in [2.05, 4.69) is 9.72 Å². The SMILES string of the molecule is COC(=O)OCCCCCCOc1cc2cc(-c3ccccc3)c(=O)oc2cn1. The van der Waals surface area contributed by atoms with Gasteiger partial charge < -0.3 is 18.6 Å². The summed E-state index contributed by atoms with van der Waals surface area (Å²) in [5, 5.41) is 0.758. The van der Waals surface area contributed by atoms with Crippen LogP contribution in [0.2, 0.25) is 0 Å². The quantitative estimate of drug-likeness (QED) is 0.386. The molecule has 1 aromatic carbocycles. The number of methoxy groups -OCH3 is 1. The Morgan fingerprint density at radius 2 is 1.79 bits per heavy atom. The number of carbonyl (C=O) groups is 1. The summed E-state index contributed by atoms with van der Waals surface area (Å²) in [6.45, 7) is 0.882. The second-order valence-electron chi connectivity index (χ2n) is 6.44. The van der Waals surface area contributed by atoms with Gasteiger partial charge in [0.2, 0.25) is 5.88 Å². The molecule has 0 bridgehead atoms. The van der Waals surface area contributed by atoms with E-state index < -0.39 is 11.8 Å². The highest BCUT2D eigenvalue weighted by molar-refractivity contribution is 5.81. The lowest BCUT2D eigenvalue weighted by molar-refractivity contribution is 0.0712. The van der Waals surface area contributed by atoms with Crippen LogP contribution in [0.15, 0.2) is 57.9 Å². The molecule has 152 valence electrons. The number of hydrogen-bond donors (Lipinski definition) is 0. The van der Waals surface area contributed by atoms with Gasteiger partial charge in [-0.1, -0.05) is 30.3 Å². The van der Waals surface area contributed by atoms with Crippen molar-refractivity contribution in [1.82, 2.24) is 4.98 Å². The first-order valence-electron chi connectivity index (χ1n) is 9.50. The van der Waals surface area contributed by atoms with Crippen LogP contribution in [0.3, 0.4) is 0 Å². The first-order valence-corrected chi connectivity index (χ1v) is 9.50. The molecule has 2 heterocycles. The topological polar surface area (TPSA) is 87.9 Å². The molecule has 0 atom stereocenters. The van der Waals surface area contributed by atoms with E-state index in [1.165, 1.54) is 13.3 Å². The van der Waals surface area contributed by atoms with E-state index in [-0.39, 0.29) is 0 Å². The molecule has 7 heteroatoms. The number of ether oxygens (including phenoxy) is 3. The number of rotatable bonds is 9. The lowest BCUT2D eigenvalue weighted by atomic mass is 10.1. The van der Waals surface area contributed by atoms with Crippen LogP contribution >= 0.6 is 0 Å². The van der Waals surface area contributed by atoms with E-state index in [9.17, 15) is 9.59 Å². The fourth-order valence-electron chi connectivity index (χ4n) is 2.85. The average Bonchev–Trinajstić information content (AvgIpc) is 2.75. The third-order valence-corrected chi connectivity index (χ3v) is 4.35. The maximum atomic E-state index is 12.2. The molecule has 0 spiro atoms. The second kappa shape index (κ2) is 10.3. The summed E-state index contributed by atoms with van der Waals surface area (Å²) in [6.07, 6.45) is 4.37. The minimum absolute atomic E-state index is 0.356. The molecule has 0 aliphatic heterocycles. The molecule has 0 saturated carbocycles. The smallest absolute Gasteiger partial charge is 0.478 e. The molecule has 7 nitrogen and oxygen atoms in total. The zero-order chi connectivity index (χ0) is 20.5.